The van der Waals surface area contributed by atoms with Crippen molar-refractivity contribution in [1.82, 2.24) is 0 Å². The third kappa shape index (κ3) is 4.24. The van der Waals surface area contributed by atoms with Crippen LogP contribution >= 0.6 is 0 Å². The molecule has 3 aromatic rings. The molecule has 3 aromatic carbocycles. The van der Waals surface area contributed by atoms with E-state index in [1.165, 1.54) is 19.2 Å². The van der Waals surface area contributed by atoms with Crippen LogP contribution < -0.4 is 18.9 Å². The van der Waals surface area contributed by atoms with E-state index in [9.17, 15) is 14.9 Å². The molecule has 0 aromatic heterocycles. The maximum absolute atomic E-state index is 12.7. The molecular formula is C24H19NO7. The number of allylic oxidation sites excluding steroid dienone is 1. The Morgan fingerprint density at radius 3 is 2.41 bits per heavy atom. The lowest BCUT2D eigenvalue weighted by molar-refractivity contribution is -0.384. The van der Waals surface area contributed by atoms with Crippen LogP contribution in [0.1, 0.15) is 21.5 Å². The molecule has 0 saturated carbocycles. The highest BCUT2D eigenvalue weighted by Crippen LogP contribution is 2.36. The lowest BCUT2D eigenvalue weighted by Crippen LogP contribution is -1.99. The number of methoxy groups -OCH3 is 2. The van der Waals surface area contributed by atoms with Gasteiger partial charge in [-0.25, -0.2) is 0 Å². The predicted octanol–water partition coefficient (Wildman–Crippen LogP) is 4.81. The fourth-order valence-corrected chi connectivity index (χ4v) is 3.22. The SMILES string of the molecule is COc1ccc(C=C2Oc3cc(OCc4ccc([N+](=O)[O-])cc4)ccc3C2=O)c(OC)c1. The molecule has 0 atom stereocenters. The van der Waals surface area contributed by atoms with Gasteiger partial charge in [-0.2, -0.15) is 0 Å². The first-order valence-electron chi connectivity index (χ1n) is 9.65. The second-order valence-corrected chi connectivity index (χ2v) is 6.92. The number of rotatable bonds is 7. The van der Waals surface area contributed by atoms with Crippen LogP contribution in [0.3, 0.4) is 0 Å². The summed E-state index contributed by atoms with van der Waals surface area (Å²) in [5.74, 6) is 2.04. The summed E-state index contributed by atoms with van der Waals surface area (Å²) in [6.07, 6.45) is 1.62. The molecule has 0 bridgehead atoms. The molecule has 0 N–H and O–H groups in total. The Kier molecular flexibility index (Phi) is 5.76. The number of fused-ring (bicyclic) bond motifs is 1. The van der Waals surface area contributed by atoms with Crippen LogP contribution in [0.15, 0.2) is 66.4 Å². The molecule has 0 saturated heterocycles. The van der Waals surface area contributed by atoms with Crippen molar-refractivity contribution in [1.29, 1.82) is 0 Å². The van der Waals surface area contributed by atoms with Gasteiger partial charge in [0.1, 0.15) is 29.6 Å². The lowest BCUT2D eigenvalue weighted by Gasteiger charge is -2.08. The number of nitro groups is 1. The summed E-state index contributed by atoms with van der Waals surface area (Å²) in [5.41, 5.74) is 1.91. The quantitative estimate of drug-likeness (QED) is 0.300. The Morgan fingerprint density at radius 1 is 0.969 bits per heavy atom. The van der Waals surface area contributed by atoms with Crippen LogP contribution in [0.5, 0.6) is 23.0 Å². The Labute approximate surface area is 183 Å². The fourth-order valence-electron chi connectivity index (χ4n) is 3.22. The molecule has 0 unspecified atom stereocenters. The molecule has 32 heavy (non-hydrogen) atoms. The van der Waals surface area contributed by atoms with Crippen LogP contribution in [0.4, 0.5) is 5.69 Å². The van der Waals surface area contributed by atoms with Crippen molar-refractivity contribution in [3.8, 4) is 23.0 Å². The Morgan fingerprint density at radius 2 is 1.72 bits per heavy atom. The molecule has 1 aliphatic heterocycles. The van der Waals surface area contributed by atoms with Gasteiger partial charge in [0.25, 0.3) is 5.69 Å². The average molecular weight is 433 g/mol. The molecule has 0 amide bonds. The maximum atomic E-state index is 12.7. The topological polar surface area (TPSA) is 97.1 Å². The molecule has 8 nitrogen and oxygen atoms in total. The highest BCUT2D eigenvalue weighted by molar-refractivity contribution is 6.14. The number of Topliss-reactive ketones (excluding diaryl/α,β-unsaturated/α-hetero) is 1. The first-order valence-corrected chi connectivity index (χ1v) is 9.65. The highest BCUT2D eigenvalue weighted by atomic mass is 16.6. The molecule has 0 spiro atoms. The van der Waals surface area contributed by atoms with Crippen LogP contribution in [0.2, 0.25) is 0 Å². The monoisotopic (exact) mass is 433 g/mol. The predicted molar refractivity (Wildman–Crippen MR) is 116 cm³/mol. The smallest absolute Gasteiger partial charge is 0.269 e. The third-order valence-electron chi connectivity index (χ3n) is 4.92. The van der Waals surface area contributed by atoms with Crippen LogP contribution in [0, 0.1) is 10.1 Å². The standard InChI is InChI=1S/C24H19NO7/c1-29-18-8-5-16(21(12-18)30-2)11-23-24(26)20-10-9-19(13-22(20)32-23)31-14-15-3-6-17(7-4-15)25(27)28/h3-13H,14H2,1-2H3. The highest BCUT2D eigenvalue weighted by Gasteiger charge is 2.28. The summed E-state index contributed by atoms with van der Waals surface area (Å²) in [6.45, 7) is 0.219. The number of nitro benzene ring substituents is 1. The first-order chi connectivity index (χ1) is 15.5. The Hall–Kier alpha value is -4.33. The largest absolute Gasteiger partial charge is 0.497 e. The number of hydrogen-bond acceptors (Lipinski definition) is 7. The van der Waals surface area contributed by atoms with Crippen molar-refractivity contribution >= 4 is 17.5 Å². The van der Waals surface area contributed by atoms with Crippen molar-refractivity contribution in [2.24, 2.45) is 0 Å². The summed E-state index contributed by atoms with van der Waals surface area (Å²) >= 11 is 0. The van der Waals surface area contributed by atoms with Gasteiger partial charge >= 0.3 is 0 Å². The van der Waals surface area contributed by atoms with E-state index in [0.29, 0.717) is 34.1 Å². The summed E-state index contributed by atoms with van der Waals surface area (Å²) in [6, 6.07) is 16.4. The van der Waals surface area contributed by atoms with Crippen molar-refractivity contribution in [3.05, 3.63) is 93.2 Å². The maximum Gasteiger partial charge on any atom is 0.269 e. The summed E-state index contributed by atoms with van der Waals surface area (Å²) in [7, 11) is 3.10. The summed E-state index contributed by atoms with van der Waals surface area (Å²) in [5, 5.41) is 10.7. The van der Waals surface area contributed by atoms with Crippen molar-refractivity contribution in [2.75, 3.05) is 14.2 Å². The van der Waals surface area contributed by atoms with E-state index in [0.717, 1.165) is 5.56 Å². The zero-order chi connectivity index (χ0) is 22.7. The van der Waals surface area contributed by atoms with Gasteiger partial charge in [0.05, 0.1) is 24.7 Å². The second-order valence-electron chi connectivity index (χ2n) is 6.92. The number of hydrogen-bond donors (Lipinski definition) is 0. The van der Waals surface area contributed by atoms with Crippen molar-refractivity contribution in [3.63, 3.8) is 0 Å². The normalized spacial score (nSPS) is 13.4. The molecule has 0 radical (unpaired) electrons. The fraction of sp³-hybridized carbons (Fsp3) is 0.125. The van der Waals surface area contributed by atoms with E-state index >= 15 is 0 Å². The van der Waals surface area contributed by atoms with Gasteiger partial charge in [0.2, 0.25) is 5.78 Å². The van der Waals surface area contributed by atoms with Gasteiger partial charge < -0.3 is 18.9 Å². The summed E-state index contributed by atoms with van der Waals surface area (Å²) in [4.78, 5) is 23.0. The molecule has 1 aliphatic rings. The van der Waals surface area contributed by atoms with Crippen LogP contribution in [0.25, 0.3) is 6.08 Å². The van der Waals surface area contributed by atoms with Gasteiger partial charge in [0, 0.05) is 29.8 Å². The molecule has 162 valence electrons. The van der Waals surface area contributed by atoms with Gasteiger partial charge in [-0.1, -0.05) is 0 Å². The van der Waals surface area contributed by atoms with E-state index < -0.39 is 4.92 Å². The number of benzene rings is 3. The van der Waals surface area contributed by atoms with E-state index in [2.05, 4.69) is 0 Å². The Balaban J connectivity index is 1.50. The molecule has 1 heterocycles. The molecule has 0 aliphatic carbocycles. The molecule has 8 heteroatoms. The summed E-state index contributed by atoms with van der Waals surface area (Å²) < 4.78 is 22.1. The first kappa shape index (κ1) is 20.9. The van der Waals surface area contributed by atoms with Crippen LogP contribution in [-0.4, -0.2) is 24.9 Å². The van der Waals surface area contributed by atoms with Crippen molar-refractivity contribution in [2.45, 2.75) is 6.61 Å². The lowest BCUT2D eigenvalue weighted by atomic mass is 10.1. The van der Waals surface area contributed by atoms with Crippen molar-refractivity contribution < 1.29 is 28.7 Å². The molecule has 0 fully saturated rings. The molecule has 4 rings (SSSR count). The number of nitrogens with zero attached hydrogens (tertiary/aromatic N) is 1. The number of carbonyl (C=O) groups is 1. The average Bonchev–Trinajstić information content (AvgIpc) is 3.12. The van der Waals surface area contributed by atoms with Gasteiger partial charge in [-0.15, -0.1) is 0 Å². The van der Waals surface area contributed by atoms with E-state index in [1.807, 2.05) is 0 Å². The number of non-ortho nitro benzene ring substituents is 1. The van der Waals surface area contributed by atoms with Crippen LogP contribution in [-0.2, 0) is 6.61 Å². The number of ether oxygens (including phenoxy) is 4. The minimum absolute atomic E-state index is 0.0194. The number of ketones is 1. The number of carbonyl (C=O) groups excluding carboxylic acids is 1. The third-order valence-corrected chi connectivity index (χ3v) is 4.92. The van der Waals surface area contributed by atoms with Gasteiger partial charge in [-0.3, -0.25) is 14.9 Å². The molecular weight excluding hydrogens is 414 g/mol. The van der Waals surface area contributed by atoms with E-state index in [4.69, 9.17) is 18.9 Å². The zero-order valence-electron chi connectivity index (χ0n) is 17.4. The van der Waals surface area contributed by atoms with E-state index in [-0.39, 0.29) is 23.8 Å². The minimum atomic E-state index is -0.452. The van der Waals surface area contributed by atoms with E-state index in [1.54, 1.807) is 61.7 Å². The minimum Gasteiger partial charge on any atom is -0.497 e. The van der Waals surface area contributed by atoms with Gasteiger partial charge in [-0.05, 0) is 48.0 Å². The van der Waals surface area contributed by atoms with Gasteiger partial charge in [0.15, 0.2) is 5.76 Å². The Bertz CT molecular complexity index is 1220. The zero-order valence-corrected chi connectivity index (χ0v) is 17.4. The second kappa shape index (κ2) is 8.81.